The molecule has 0 bridgehead atoms. The summed E-state index contributed by atoms with van der Waals surface area (Å²) in [6, 6.07) is 0. The molecule has 1 fully saturated rings. The minimum atomic E-state index is -0.202. The van der Waals surface area contributed by atoms with Crippen LogP contribution in [0.2, 0.25) is 0 Å². The molecule has 1 atom stereocenters. The number of hydrogen-bond donors (Lipinski definition) is 1. The molecule has 1 unspecified atom stereocenters. The van der Waals surface area contributed by atoms with Crippen molar-refractivity contribution in [2.45, 2.75) is 64.0 Å². The van der Waals surface area contributed by atoms with E-state index in [0.717, 1.165) is 25.2 Å². The first-order chi connectivity index (χ1) is 8.33. The topological polar surface area (TPSA) is 25.2 Å². The van der Waals surface area contributed by atoms with Crippen molar-refractivity contribution in [3.63, 3.8) is 0 Å². The summed E-state index contributed by atoms with van der Waals surface area (Å²) >= 11 is 0. The summed E-state index contributed by atoms with van der Waals surface area (Å²) in [7, 11) is 0. The zero-order chi connectivity index (χ0) is 11.7. The monoisotopic (exact) mass is 233 g/mol. The van der Waals surface area contributed by atoms with Gasteiger partial charge in [-0.1, -0.05) is 19.3 Å². The Hall–Kier alpha value is -0.760. The number of aryl methyl sites for hydroxylation is 1. The van der Waals surface area contributed by atoms with Crippen molar-refractivity contribution in [2.75, 3.05) is 0 Å². The smallest absolute Gasteiger partial charge is 0.0807 e. The number of aromatic nitrogens is 1. The Morgan fingerprint density at radius 1 is 1.06 bits per heavy atom. The highest BCUT2D eigenvalue weighted by atomic mass is 16.3. The molecule has 0 aliphatic heterocycles. The van der Waals surface area contributed by atoms with Gasteiger partial charge in [-0.15, -0.1) is 0 Å². The first-order valence-corrected chi connectivity index (χ1v) is 7.19. The van der Waals surface area contributed by atoms with Crippen LogP contribution >= 0.6 is 0 Å². The molecule has 1 heterocycles. The maximum absolute atomic E-state index is 9.97. The van der Waals surface area contributed by atoms with Gasteiger partial charge in [0.05, 0.1) is 6.10 Å². The summed E-state index contributed by atoms with van der Waals surface area (Å²) in [6.45, 7) is 1.17. The predicted octanol–water partition coefficient (Wildman–Crippen LogP) is 3.44. The van der Waals surface area contributed by atoms with Crippen molar-refractivity contribution in [2.24, 2.45) is 5.92 Å². The minimum absolute atomic E-state index is 0.202. The van der Waals surface area contributed by atoms with E-state index in [-0.39, 0.29) is 6.10 Å². The third-order valence-corrected chi connectivity index (χ3v) is 4.47. The Bertz CT molecular complexity index is 376. The summed E-state index contributed by atoms with van der Waals surface area (Å²) in [6.07, 6.45) is 14.6. The van der Waals surface area contributed by atoms with Gasteiger partial charge in [-0.25, -0.2) is 0 Å². The Morgan fingerprint density at radius 3 is 2.65 bits per heavy atom. The van der Waals surface area contributed by atoms with E-state index in [1.807, 2.05) is 0 Å². The molecular weight excluding hydrogens is 210 g/mol. The maximum Gasteiger partial charge on any atom is 0.0807 e. The van der Waals surface area contributed by atoms with Crippen molar-refractivity contribution in [3.05, 3.63) is 23.5 Å². The Morgan fingerprint density at radius 2 is 1.88 bits per heavy atom. The van der Waals surface area contributed by atoms with E-state index in [4.69, 9.17) is 0 Å². The number of hydrogen-bond acceptors (Lipinski definition) is 1. The van der Waals surface area contributed by atoms with Crippen LogP contribution in [0.15, 0.2) is 12.4 Å². The van der Waals surface area contributed by atoms with Gasteiger partial charge in [0.25, 0.3) is 0 Å². The molecule has 0 radical (unpaired) electrons. The lowest BCUT2D eigenvalue weighted by atomic mass is 9.89. The van der Waals surface area contributed by atoms with Gasteiger partial charge >= 0.3 is 0 Å². The van der Waals surface area contributed by atoms with Crippen LogP contribution in [-0.4, -0.2) is 9.67 Å². The van der Waals surface area contributed by atoms with Gasteiger partial charge in [-0.3, -0.25) is 0 Å². The second-order valence-corrected chi connectivity index (χ2v) is 5.85. The molecule has 1 saturated carbocycles. The van der Waals surface area contributed by atoms with E-state index in [9.17, 15) is 5.11 Å². The molecule has 17 heavy (non-hydrogen) atoms. The van der Waals surface area contributed by atoms with Crippen LogP contribution in [0.4, 0.5) is 0 Å². The Labute approximate surface area is 104 Å². The fourth-order valence-electron chi connectivity index (χ4n) is 3.50. The minimum Gasteiger partial charge on any atom is -0.388 e. The van der Waals surface area contributed by atoms with E-state index < -0.39 is 0 Å². The lowest BCUT2D eigenvalue weighted by molar-refractivity contribution is 0.157. The first kappa shape index (κ1) is 11.3. The van der Waals surface area contributed by atoms with Gasteiger partial charge in [0, 0.05) is 24.5 Å². The molecule has 0 spiro atoms. The van der Waals surface area contributed by atoms with E-state index >= 15 is 0 Å². The number of nitrogens with zero attached hydrogens (tertiary/aromatic N) is 1. The molecule has 1 aromatic heterocycles. The molecule has 3 rings (SSSR count). The Balaban J connectivity index is 1.71. The van der Waals surface area contributed by atoms with E-state index in [1.54, 1.807) is 0 Å². The van der Waals surface area contributed by atoms with Gasteiger partial charge < -0.3 is 9.67 Å². The van der Waals surface area contributed by atoms with Crippen LogP contribution in [0.5, 0.6) is 0 Å². The molecule has 2 aliphatic rings. The molecule has 2 nitrogen and oxygen atoms in total. The molecule has 2 aliphatic carbocycles. The standard InChI is InChI=1S/C15H23NO/c17-15-8-4-7-13-10-16(11-14(13)15)9-12-5-2-1-3-6-12/h10-12,15,17H,1-9H2. The first-order valence-electron chi connectivity index (χ1n) is 7.19. The summed E-state index contributed by atoms with van der Waals surface area (Å²) in [4.78, 5) is 0. The lowest BCUT2D eigenvalue weighted by Crippen LogP contribution is -2.13. The van der Waals surface area contributed by atoms with Crippen LogP contribution in [0.3, 0.4) is 0 Å². The highest BCUT2D eigenvalue weighted by Gasteiger charge is 2.21. The van der Waals surface area contributed by atoms with E-state index in [0.29, 0.717) is 0 Å². The Kier molecular flexibility index (Phi) is 3.24. The van der Waals surface area contributed by atoms with E-state index in [1.165, 1.54) is 49.8 Å². The third-order valence-electron chi connectivity index (χ3n) is 4.47. The van der Waals surface area contributed by atoms with Crippen LogP contribution in [0, 0.1) is 5.92 Å². The van der Waals surface area contributed by atoms with Crippen molar-refractivity contribution in [1.29, 1.82) is 0 Å². The highest BCUT2D eigenvalue weighted by Crippen LogP contribution is 2.31. The van der Waals surface area contributed by atoms with Crippen molar-refractivity contribution in [1.82, 2.24) is 4.57 Å². The van der Waals surface area contributed by atoms with Crippen molar-refractivity contribution < 1.29 is 5.11 Å². The third kappa shape index (κ3) is 2.42. The summed E-state index contributed by atoms with van der Waals surface area (Å²) in [5, 5.41) is 9.97. The van der Waals surface area contributed by atoms with Crippen LogP contribution in [0.1, 0.15) is 62.2 Å². The molecule has 0 saturated heterocycles. The summed E-state index contributed by atoms with van der Waals surface area (Å²) in [5.74, 6) is 0.870. The summed E-state index contributed by atoms with van der Waals surface area (Å²) in [5.41, 5.74) is 2.59. The van der Waals surface area contributed by atoms with Crippen LogP contribution in [-0.2, 0) is 13.0 Å². The van der Waals surface area contributed by atoms with Gasteiger partial charge in [-0.2, -0.15) is 0 Å². The fraction of sp³-hybridized carbons (Fsp3) is 0.733. The van der Waals surface area contributed by atoms with Crippen LogP contribution in [0.25, 0.3) is 0 Å². The van der Waals surface area contributed by atoms with Gasteiger partial charge in [0.15, 0.2) is 0 Å². The average molecular weight is 233 g/mol. The normalized spacial score (nSPS) is 25.8. The zero-order valence-corrected chi connectivity index (χ0v) is 10.6. The van der Waals surface area contributed by atoms with Gasteiger partial charge in [0.2, 0.25) is 0 Å². The van der Waals surface area contributed by atoms with Crippen molar-refractivity contribution in [3.8, 4) is 0 Å². The average Bonchev–Trinajstić information content (AvgIpc) is 2.74. The number of aliphatic hydroxyl groups is 1. The van der Waals surface area contributed by atoms with Crippen LogP contribution < -0.4 is 0 Å². The van der Waals surface area contributed by atoms with Gasteiger partial charge in [0.1, 0.15) is 0 Å². The summed E-state index contributed by atoms with van der Waals surface area (Å²) < 4.78 is 2.34. The van der Waals surface area contributed by atoms with Gasteiger partial charge in [-0.05, 0) is 43.6 Å². The maximum atomic E-state index is 9.97. The number of rotatable bonds is 2. The molecule has 1 N–H and O–H groups in total. The molecule has 0 aromatic carbocycles. The predicted molar refractivity (Wildman–Crippen MR) is 68.9 cm³/mol. The molecular formula is C15H23NO. The quantitative estimate of drug-likeness (QED) is 0.831. The highest BCUT2D eigenvalue weighted by molar-refractivity contribution is 5.29. The second kappa shape index (κ2) is 4.85. The second-order valence-electron chi connectivity index (χ2n) is 5.85. The number of fused-ring (bicyclic) bond motifs is 1. The molecule has 2 heteroatoms. The SMILES string of the molecule is OC1CCCc2cn(CC3CCCCC3)cc21. The molecule has 0 amide bonds. The van der Waals surface area contributed by atoms with E-state index in [2.05, 4.69) is 17.0 Å². The number of aliphatic hydroxyl groups excluding tert-OH is 1. The molecule has 94 valence electrons. The largest absolute Gasteiger partial charge is 0.388 e. The zero-order valence-electron chi connectivity index (χ0n) is 10.6. The fourth-order valence-corrected chi connectivity index (χ4v) is 3.50. The lowest BCUT2D eigenvalue weighted by Gasteiger charge is -2.21. The van der Waals surface area contributed by atoms with Crippen molar-refractivity contribution >= 4 is 0 Å². The molecule has 1 aromatic rings.